The standard InChI is InChI=1S/C16H26F2N2/c1-5-16(6-2,20(7-3)8-4)15(19)12-9-10-13(17)14(18)11-12/h9-11,15H,5-8,19H2,1-4H3. The Bertz CT molecular complexity index is 426. The number of nitrogens with two attached hydrogens (primary N) is 1. The first-order chi connectivity index (χ1) is 9.46. The van der Waals surface area contributed by atoms with E-state index >= 15 is 0 Å². The van der Waals surface area contributed by atoms with Gasteiger partial charge in [-0.1, -0.05) is 33.8 Å². The third kappa shape index (κ3) is 3.01. The molecule has 1 aromatic carbocycles. The van der Waals surface area contributed by atoms with E-state index in [9.17, 15) is 8.78 Å². The van der Waals surface area contributed by atoms with Crippen LogP contribution in [0.25, 0.3) is 0 Å². The fourth-order valence-electron chi connectivity index (χ4n) is 3.20. The Hall–Kier alpha value is -1.00. The Morgan fingerprint density at radius 1 is 1.05 bits per heavy atom. The molecule has 2 nitrogen and oxygen atoms in total. The molecule has 1 atom stereocenters. The summed E-state index contributed by atoms with van der Waals surface area (Å²) < 4.78 is 26.5. The second kappa shape index (κ2) is 7.14. The van der Waals surface area contributed by atoms with E-state index in [2.05, 4.69) is 32.6 Å². The van der Waals surface area contributed by atoms with Gasteiger partial charge in [0.15, 0.2) is 11.6 Å². The molecule has 0 bridgehead atoms. The number of rotatable bonds is 7. The summed E-state index contributed by atoms with van der Waals surface area (Å²) in [6.07, 6.45) is 1.73. The number of hydrogen-bond donors (Lipinski definition) is 1. The SMILES string of the molecule is CCN(CC)C(CC)(CC)C(N)c1ccc(F)c(F)c1. The zero-order valence-electron chi connectivity index (χ0n) is 12.9. The Morgan fingerprint density at radius 2 is 1.60 bits per heavy atom. The maximum absolute atomic E-state index is 13.5. The molecule has 2 N–H and O–H groups in total. The first kappa shape index (κ1) is 17.1. The minimum atomic E-state index is -0.835. The van der Waals surface area contributed by atoms with Gasteiger partial charge in [-0.05, 0) is 43.6 Å². The summed E-state index contributed by atoms with van der Waals surface area (Å²) >= 11 is 0. The molecule has 0 radical (unpaired) electrons. The molecule has 0 saturated carbocycles. The van der Waals surface area contributed by atoms with Gasteiger partial charge >= 0.3 is 0 Å². The summed E-state index contributed by atoms with van der Waals surface area (Å²) in [5.41, 5.74) is 6.86. The molecule has 0 spiro atoms. The number of hydrogen-bond acceptors (Lipinski definition) is 2. The van der Waals surface area contributed by atoms with Crippen LogP contribution in [0.1, 0.15) is 52.1 Å². The minimum absolute atomic E-state index is 0.228. The van der Waals surface area contributed by atoms with Gasteiger partial charge in [0.25, 0.3) is 0 Å². The first-order valence-corrected chi connectivity index (χ1v) is 7.42. The quantitative estimate of drug-likeness (QED) is 0.823. The summed E-state index contributed by atoms with van der Waals surface area (Å²) in [5.74, 6) is -1.67. The molecular weight excluding hydrogens is 258 g/mol. The second-order valence-corrected chi connectivity index (χ2v) is 5.13. The van der Waals surface area contributed by atoms with E-state index in [1.54, 1.807) is 6.07 Å². The van der Waals surface area contributed by atoms with Crippen molar-refractivity contribution in [3.63, 3.8) is 0 Å². The number of nitrogens with zero attached hydrogens (tertiary/aromatic N) is 1. The Balaban J connectivity index is 3.22. The average Bonchev–Trinajstić information content (AvgIpc) is 2.47. The molecule has 0 amide bonds. The molecule has 0 saturated heterocycles. The van der Waals surface area contributed by atoms with Crippen LogP contribution in [0.2, 0.25) is 0 Å². The van der Waals surface area contributed by atoms with Crippen LogP contribution in [0.5, 0.6) is 0 Å². The Labute approximate surface area is 121 Å². The normalized spacial score (nSPS) is 13.8. The smallest absolute Gasteiger partial charge is 0.159 e. The van der Waals surface area contributed by atoms with Crippen molar-refractivity contribution in [2.45, 2.75) is 52.1 Å². The molecule has 0 aliphatic heterocycles. The van der Waals surface area contributed by atoms with Gasteiger partial charge in [0, 0.05) is 11.6 Å². The van der Waals surface area contributed by atoms with Gasteiger partial charge < -0.3 is 5.73 Å². The van der Waals surface area contributed by atoms with Crippen molar-refractivity contribution < 1.29 is 8.78 Å². The molecule has 0 heterocycles. The van der Waals surface area contributed by atoms with Crippen molar-refractivity contribution in [2.24, 2.45) is 5.73 Å². The third-order valence-electron chi connectivity index (χ3n) is 4.50. The van der Waals surface area contributed by atoms with Crippen molar-refractivity contribution in [3.8, 4) is 0 Å². The Kier molecular flexibility index (Phi) is 6.08. The highest BCUT2D eigenvalue weighted by molar-refractivity contribution is 5.25. The lowest BCUT2D eigenvalue weighted by Gasteiger charge is -2.46. The molecule has 1 unspecified atom stereocenters. The molecule has 4 heteroatoms. The maximum Gasteiger partial charge on any atom is 0.159 e. The Morgan fingerprint density at radius 3 is 2.00 bits per heavy atom. The van der Waals surface area contributed by atoms with Crippen molar-refractivity contribution in [3.05, 3.63) is 35.4 Å². The second-order valence-electron chi connectivity index (χ2n) is 5.13. The summed E-state index contributed by atoms with van der Waals surface area (Å²) in [5, 5.41) is 0. The highest BCUT2D eigenvalue weighted by Crippen LogP contribution is 2.36. The number of halogens is 2. The summed E-state index contributed by atoms with van der Waals surface area (Å²) in [7, 11) is 0. The summed E-state index contributed by atoms with van der Waals surface area (Å²) in [4.78, 5) is 2.32. The van der Waals surface area contributed by atoms with Crippen LogP contribution in [0.4, 0.5) is 8.78 Å². The fourth-order valence-corrected chi connectivity index (χ4v) is 3.20. The van der Waals surface area contributed by atoms with Crippen molar-refractivity contribution in [1.82, 2.24) is 4.90 Å². The van der Waals surface area contributed by atoms with E-state index in [1.807, 2.05) is 0 Å². The van der Waals surface area contributed by atoms with Gasteiger partial charge in [-0.2, -0.15) is 0 Å². The summed E-state index contributed by atoms with van der Waals surface area (Å²) in [6, 6.07) is 3.63. The highest BCUT2D eigenvalue weighted by Gasteiger charge is 2.38. The van der Waals surface area contributed by atoms with E-state index in [0.717, 1.165) is 32.0 Å². The van der Waals surface area contributed by atoms with Crippen LogP contribution in [-0.2, 0) is 0 Å². The zero-order chi connectivity index (χ0) is 15.3. The van der Waals surface area contributed by atoms with E-state index in [1.165, 1.54) is 6.07 Å². The number of benzene rings is 1. The van der Waals surface area contributed by atoms with Crippen LogP contribution >= 0.6 is 0 Å². The van der Waals surface area contributed by atoms with Gasteiger partial charge in [0.2, 0.25) is 0 Å². The predicted octanol–water partition coefficient (Wildman–Crippen LogP) is 3.87. The van der Waals surface area contributed by atoms with E-state index in [4.69, 9.17) is 5.73 Å². The van der Waals surface area contributed by atoms with E-state index in [0.29, 0.717) is 5.56 Å². The molecule has 0 aliphatic rings. The third-order valence-corrected chi connectivity index (χ3v) is 4.50. The predicted molar refractivity (Wildman–Crippen MR) is 79.5 cm³/mol. The van der Waals surface area contributed by atoms with Crippen LogP contribution in [0.15, 0.2) is 18.2 Å². The fraction of sp³-hybridized carbons (Fsp3) is 0.625. The maximum atomic E-state index is 13.5. The molecule has 0 aliphatic carbocycles. The molecule has 1 rings (SSSR count). The summed E-state index contributed by atoms with van der Waals surface area (Å²) in [6.45, 7) is 10.2. The molecule has 0 aromatic heterocycles. The molecule has 114 valence electrons. The zero-order valence-corrected chi connectivity index (χ0v) is 12.9. The van der Waals surface area contributed by atoms with Gasteiger partial charge in [0.05, 0.1) is 0 Å². The topological polar surface area (TPSA) is 29.3 Å². The molecule has 20 heavy (non-hydrogen) atoms. The highest BCUT2D eigenvalue weighted by atomic mass is 19.2. The molecule has 1 aromatic rings. The minimum Gasteiger partial charge on any atom is -0.322 e. The first-order valence-electron chi connectivity index (χ1n) is 7.42. The lowest BCUT2D eigenvalue weighted by atomic mass is 9.79. The largest absolute Gasteiger partial charge is 0.322 e. The van der Waals surface area contributed by atoms with Crippen LogP contribution in [-0.4, -0.2) is 23.5 Å². The van der Waals surface area contributed by atoms with Crippen LogP contribution in [0.3, 0.4) is 0 Å². The monoisotopic (exact) mass is 284 g/mol. The molecule has 0 fully saturated rings. The van der Waals surface area contributed by atoms with E-state index < -0.39 is 11.6 Å². The molecular formula is C16H26F2N2. The lowest BCUT2D eigenvalue weighted by Crippen LogP contribution is -2.54. The van der Waals surface area contributed by atoms with Crippen LogP contribution < -0.4 is 5.73 Å². The van der Waals surface area contributed by atoms with Gasteiger partial charge in [-0.3, -0.25) is 4.90 Å². The van der Waals surface area contributed by atoms with Crippen molar-refractivity contribution in [1.29, 1.82) is 0 Å². The van der Waals surface area contributed by atoms with Gasteiger partial charge in [0.1, 0.15) is 0 Å². The number of likely N-dealkylation sites (N-methyl/N-ethyl adjacent to an activating group) is 1. The lowest BCUT2D eigenvalue weighted by molar-refractivity contribution is 0.0624. The average molecular weight is 284 g/mol. The van der Waals surface area contributed by atoms with Crippen molar-refractivity contribution >= 4 is 0 Å². The van der Waals surface area contributed by atoms with Crippen LogP contribution in [0, 0.1) is 11.6 Å². The van der Waals surface area contributed by atoms with Crippen molar-refractivity contribution in [2.75, 3.05) is 13.1 Å². The van der Waals surface area contributed by atoms with Gasteiger partial charge in [-0.15, -0.1) is 0 Å². The van der Waals surface area contributed by atoms with Gasteiger partial charge in [-0.25, -0.2) is 8.78 Å². The van der Waals surface area contributed by atoms with E-state index in [-0.39, 0.29) is 11.6 Å².